The lowest BCUT2D eigenvalue weighted by atomic mass is 10.1. The topological polar surface area (TPSA) is 49.3 Å². The number of carbonyl (C=O) groups excluding carboxylic acids is 1. The molecule has 5 nitrogen and oxygen atoms in total. The summed E-state index contributed by atoms with van der Waals surface area (Å²) < 4.78 is 39.7. The van der Waals surface area contributed by atoms with Crippen molar-refractivity contribution in [3.63, 3.8) is 0 Å². The summed E-state index contributed by atoms with van der Waals surface area (Å²) in [6.45, 7) is 1.47. The standard InChI is InChI=1S/C22H18ClF3N4O/c23-18-8-4-2-6-16(18)19-9-10-20(28-27-19)29-11-13-30(14-12-29)21(31)15-5-1-3-7-17(15)22(24,25)26/h1-10H,11-14H2. The fraction of sp³-hybridized carbons (Fsp3) is 0.227. The van der Waals surface area contributed by atoms with Crippen molar-refractivity contribution in [2.24, 2.45) is 0 Å². The van der Waals surface area contributed by atoms with Gasteiger partial charge in [-0.1, -0.05) is 41.9 Å². The summed E-state index contributed by atoms with van der Waals surface area (Å²) in [5, 5.41) is 9.08. The summed E-state index contributed by atoms with van der Waals surface area (Å²) in [6, 6.07) is 15.8. The molecule has 0 spiro atoms. The Morgan fingerprint density at radius 3 is 2.19 bits per heavy atom. The van der Waals surface area contributed by atoms with Gasteiger partial charge in [0.05, 0.1) is 21.8 Å². The van der Waals surface area contributed by atoms with Gasteiger partial charge in [-0.2, -0.15) is 13.2 Å². The highest BCUT2D eigenvalue weighted by Gasteiger charge is 2.36. The number of benzene rings is 2. The predicted molar refractivity (Wildman–Crippen MR) is 112 cm³/mol. The highest BCUT2D eigenvalue weighted by molar-refractivity contribution is 6.33. The summed E-state index contributed by atoms with van der Waals surface area (Å²) in [6.07, 6.45) is -4.58. The molecule has 1 amide bonds. The van der Waals surface area contributed by atoms with Crippen molar-refractivity contribution < 1.29 is 18.0 Å². The molecule has 0 N–H and O–H groups in total. The summed E-state index contributed by atoms with van der Waals surface area (Å²) in [7, 11) is 0. The second-order valence-electron chi connectivity index (χ2n) is 7.08. The number of rotatable bonds is 3. The molecule has 9 heteroatoms. The number of carbonyl (C=O) groups is 1. The molecule has 3 aromatic rings. The molecule has 1 aliphatic heterocycles. The molecule has 2 heterocycles. The van der Waals surface area contributed by atoms with E-state index < -0.39 is 17.6 Å². The zero-order valence-electron chi connectivity index (χ0n) is 16.3. The van der Waals surface area contributed by atoms with Gasteiger partial charge in [0.25, 0.3) is 5.91 Å². The van der Waals surface area contributed by atoms with Crippen molar-refractivity contribution >= 4 is 23.3 Å². The molecule has 0 aliphatic carbocycles. The van der Waals surface area contributed by atoms with Crippen molar-refractivity contribution in [2.45, 2.75) is 6.18 Å². The second kappa shape index (κ2) is 8.55. The Morgan fingerprint density at radius 1 is 0.871 bits per heavy atom. The summed E-state index contributed by atoms with van der Waals surface area (Å²) in [5.74, 6) is 0.0197. The highest BCUT2D eigenvalue weighted by atomic mass is 35.5. The lowest BCUT2D eigenvalue weighted by Gasteiger charge is -2.35. The van der Waals surface area contributed by atoms with E-state index in [2.05, 4.69) is 10.2 Å². The van der Waals surface area contributed by atoms with E-state index in [0.717, 1.165) is 11.6 Å². The number of aromatic nitrogens is 2. The largest absolute Gasteiger partial charge is 0.417 e. The Kier molecular flexibility index (Phi) is 5.82. The van der Waals surface area contributed by atoms with E-state index in [1.54, 1.807) is 6.07 Å². The van der Waals surface area contributed by atoms with Gasteiger partial charge in [0.2, 0.25) is 0 Å². The highest BCUT2D eigenvalue weighted by Crippen LogP contribution is 2.32. The van der Waals surface area contributed by atoms with Gasteiger partial charge in [-0.3, -0.25) is 4.79 Å². The maximum Gasteiger partial charge on any atom is 0.417 e. The van der Waals surface area contributed by atoms with E-state index in [4.69, 9.17) is 11.6 Å². The van der Waals surface area contributed by atoms with Crippen LogP contribution in [0.5, 0.6) is 0 Å². The third-order valence-electron chi connectivity index (χ3n) is 5.15. The first-order valence-corrected chi connectivity index (χ1v) is 10.0. The van der Waals surface area contributed by atoms with Crippen LogP contribution in [0.1, 0.15) is 15.9 Å². The monoisotopic (exact) mass is 446 g/mol. The van der Waals surface area contributed by atoms with Crippen LogP contribution in [0.2, 0.25) is 5.02 Å². The van der Waals surface area contributed by atoms with Crippen LogP contribution in [0.3, 0.4) is 0 Å². The maximum absolute atomic E-state index is 13.2. The molecule has 0 unspecified atom stereocenters. The van der Waals surface area contributed by atoms with Crippen LogP contribution in [-0.2, 0) is 6.18 Å². The smallest absolute Gasteiger partial charge is 0.352 e. The quantitative estimate of drug-likeness (QED) is 0.581. The third kappa shape index (κ3) is 4.49. The van der Waals surface area contributed by atoms with Crippen molar-refractivity contribution in [3.8, 4) is 11.3 Å². The van der Waals surface area contributed by atoms with E-state index in [9.17, 15) is 18.0 Å². The Labute approximate surface area is 182 Å². The van der Waals surface area contributed by atoms with Crippen molar-refractivity contribution in [1.82, 2.24) is 15.1 Å². The van der Waals surface area contributed by atoms with Gasteiger partial charge in [0.15, 0.2) is 5.82 Å². The van der Waals surface area contributed by atoms with Crippen LogP contribution in [0, 0.1) is 0 Å². The first kappa shape index (κ1) is 21.1. The van der Waals surface area contributed by atoms with Gasteiger partial charge in [-0.25, -0.2) is 0 Å². The average Bonchev–Trinajstić information content (AvgIpc) is 2.79. The average molecular weight is 447 g/mol. The SMILES string of the molecule is O=C(c1ccccc1C(F)(F)F)N1CCN(c2ccc(-c3ccccc3Cl)nn2)CC1. The minimum absolute atomic E-state index is 0.291. The Morgan fingerprint density at radius 2 is 1.55 bits per heavy atom. The number of amides is 1. The lowest BCUT2D eigenvalue weighted by molar-refractivity contribution is -0.138. The van der Waals surface area contributed by atoms with Crippen LogP contribution in [0.25, 0.3) is 11.3 Å². The number of anilines is 1. The first-order chi connectivity index (χ1) is 14.8. The number of hydrogen-bond acceptors (Lipinski definition) is 4. The van der Waals surface area contributed by atoms with Gasteiger partial charge in [-0.05, 0) is 30.3 Å². The van der Waals surface area contributed by atoms with Crippen LogP contribution < -0.4 is 4.90 Å². The van der Waals surface area contributed by atoms with Crippen LogP contribution in [0.4, 0.5) is 19.0 Å². The molecule has 1 fully saturated rings. The van der Waals surface area contributed by atoms with E-state index >= 15 is 0 Å². The summed E-state index contributed by atoms with van der Waals surface area (Å²) in [4.78, 5) is 16.1. The van der Waals surface area contributed by atoms with Gasteiger partial charge < -0.3 is 9.80 Å². The molecule has 0 saturated carbocycles. The van der Waals surface area contributed by atoms with Crippen LogP contribution in [0.15, 0.2) is 60.7 Å². The number of hydrogen-bond donors (Lipinski definition) is 0. The Hall–Kier alpha value is -3.13. The minimum atomic E-state index is -4.58. The predicted octanol–water partition coefficient (Wildman–Crippen LogP) is 4.78. The molecule has 1 aromatic heterocycles. The van der Waals surface area contributed by atoms with Crippen LogP contribution in [-0.4, -0.2) is 47.2 Å². The molecule has 2 aromatic carbocycles. The number of nitrogens with zero attached hydrogens (tertiary/aromatic N) is 4. The molecule has 160 valence electrons. The molecule has 0 atom stereocenters. The minimum Gasteiger partial charge on any atom is -0.352 e. The Bertz CT molecular complexity index is 1080. The fourth-order valence-corrected chi connectivity index (χ4v) is 3.76. The van der Waals surface area contributed by atoms with Gasteiger partial charge in [-0.15, -0.1) is 10.2 Å². The maximum atomic E-state index is 13.2. The molecule has 0 radical (unpaired) electrons. The van der Waals surface area contributed by atoms with Crippen molar-refractivity contribution in [2.75, 3.05) is 31.1 Å². The molecular weight excluding hydrogens is 429 g/mol. The fourth-order valence-electron chi connectivity index (χ4n) is 3.53. The summed E-state index contributed by atoms with van der Waals surface area (Å²) in [5.41, 5.74) is 0.185. The molecular formula is C22H18ClF3N4O. The molecule has 4 rings (SSSR count). The number of alkyl halides is 3. The van der Waals surface area contributed by atoms with E-state index in [-0.39, 0.29) is 5.56 Å². The van der Waals surface area contributed by atoms with Crippen molar-refractivity contribution in [3.05, 3.63) is 76.8 Å². The molecule has 0 bridgehead atoms. The Balaban J connectivity index is 1.44. The van der Waals surface area contributed by atoms with E-state index in [1.165, 1.54) is 23.1 Å². The third-order valence-corrected chi connectivity index (χ3v) is 5.48. The van der Waals surface area contributed by atoms with E-state index in [1.807, 2.05) is 35.2 Å². The lowest BCUT2D eigenvalue weighted by Crippen LogP contribution is -2.49. The first-order valence-electron chi connectivity index (χ1n) is 9.63. The number of halogens is 4. The van der Waals surface area contributed by atoms with Gasteiger partial charge >= 0.3 is 6.18 Å². The van der Waals surface area contributed by atoms with Crippen LogP contribution >= 0.6 is 11.6 Å². The number of piperazine rings is 1. The van der Waals surface area contributed by atoms with Gasteiger partial charge in [0.1, 0.15) is 0 Å². The zero-order valence-corrected chi connectivity index (χ0v) is 17.1. The molecule has 1 aliphatic rings. The van der Waals surface area contributed by atoms with E-state index in [0.29, 0.717) is 42.7 Å². The normalized spacial score (nSPS) is 14.6. The molecule has 1 saturated heterocycles. The second-order valence-corrected chi connectivity index (χ2v) is 7.49. The van der Waals surface area contributed by atoms with Crippen molar-refractivity contribution in [1.29, 1.82) is 0 Å². The molecule has 31 heavy (non-hydrogen) atoms. The summed E-state index contributed by atoms with van der Waals surface area (Å²) >= 11 is 6.20. The zero-order chi connectivity index (χ0) is 22.0. The van der Waals surface area contributed by atoms with Gasteiger partial charge in [0, 0.05) is 31.7 Å².